The third-order valence-corrected chi connectivity index (χ3v) is 4.03. The molecule has 0 saturated heterocycles. The quantitative estimate of drug-likeness (QED) is 0.564. The molecule has 5 nitrogen and oxygen atoms in total. The Morgan fingerprint density at radius 1 is 1.12 bits per heavy atom. The van der Waals surface area contributed by atoms with Gasteiger partial charge < -0.3 is 19.0 Å². The van der Waals surface area contributed by atoms with Gasteiger partial charge in [0.25, 0.3) is 0 Å². The summed E-state index contributed by atoms with van der Waals surface area (Å²) >= 11 is 0. The van der Waals surface area contributed by atoms with Crippen molar-refractivity contribution in [2.45, 2.75) is 6.42 Å². The largest absolute Gasteiger partial charge is 0.508 e. The van der Waals surface area contributed by atoms with Crippen molar-refractivity contribution in [1.29, 1.82) is 0 Å². The molecule has 0 unspecified atom stereocenters. The van der Waals surface area contributed by atoms with E-state index in [1.54, 1.807) is 49.6 Å². The Hall–Kier alpha value is -3.21. The van der Waals surface area contributed by atoms with Gasteiger partial charge >= 0.3 is 5.63 Å². The first-order chi connectivity index (χ1) is 12.1. The van der Waals surface area contributed by atoms with Crippen LogP contribution in [0.2, 0.25) is 0 Å². The molecule has 1 aromatic heterocycles. The summed E-state index contributed by atoms with van der Waals surface area (Å²) in [5.41, 5.74) is 1.38. The van der Waals surface area contributed by atoms with E-state index in [9.17, 15) is 9.90 Å². The van der Waals surface area contributed by atoms with Gasteiger partial charge in [0.2, 0.25) is 0 Å². The van der Waals surface area contributed by atoms with Crippen LogP contribution in [0.5, 0.6) is 17.2 Å². The minimum Gasteiger partial charge on any atom is -0.508 e. The first-order valence-electron chi connectivity index (χ1n) is 7.71. The number of benzene rings is 2. The fourth-order valence-electron chi connectivity index (χ4n) is 2.78. The summed E-state index contributed by atoms with van der Waals surface area (Å²) in [4.78, 5) is 12.6. The lowest BCUT2D eigenvalue weighted by Crippen LogP contribution is -2.05. The van der Waals surface area contributed by atoms with E-state index in [1.807, 2.05) is 0 Å². The highest BCUT2D eigenvalue weighted by atomic mass is 16.5. The summed E-state index contributed by atoms with van der Waals surface area (Å²) in [5.74, 6) is 1.21. The van der Waals surface area contributed by atoms with Crippen molar-refractivity contribution in [3.05, 3.63) is 65.0 Å². The van der Waals surface area contributed by atoms with Crippen LogP contribution in [-0.4, -0.2) is 19.3 Å². The predicted octanol–water partition coefficient (Wildman–Crippen LogP) is 3.91. The molecule has 0 spiro atoms. The highest BCUT2D eigenvalue weighted by Crippen LogP contribution is 2.34. The van der Waals surface area contributed by atoms with Crippen molar-refractivity contribution < 1.29 is 19.0 Å². The van der Waals surface area contributed by atoms with Gasteiger partial charge in [0.05, 0.1) is 19.8 Å². The van der Waals surface area contributed by atoms with Crippen LogP contribution in [0.3, 0.4) is 0 Å². The molecule has 0 amide bonds. The van der Waals surface area contributed by atoms with E-state index >= 15 is 0 Å². The van der Waals surface area contributed by atoms with Gasteiger partial charge in [-0.15, -0.1) is 6.58 Å². The van der Waals surface area contributed by atoms with Crippen LogP contribution < -0.4 is 15.1 Å². The van der Waals surface area contributed by atoms with Crippen LogP contribution in [-0.2, 0) is 6.42 Å². The Morgan fingerprint density at radius 3 is 2.60 bits per heavy atom. The fourth-order valence-corrected chi connectivity index (χ4v) is 2.78. The summed E-state index contributed by atoms with van der Waals surface area (Å²) in [6.45, 7) is 3.67. The number of phenolic OH excluding ortho intramolecular Hbond substituents is 1. The molecule has 128 valence electrons. The Labute approximate surface area is 144 Å². The Balaban J connectivity index is 2.25. The summed E-state index contributed by atoms with van der Waals surface area (Å²) in [5, 5.41) is 10.7. The molecule has 3 aromatic rings. The zero-order valence-corrected chi connectivity index (χ0v) is 14.0. The van der Waals surface area contributed by atoms with Gasteiger partial charge in [-0.25, -0.2) is 4.79 Å². The molecule has 0 atom stereocenters. The zero-order chi connectivity index (χ0) is 18.0. The number of rotatable bonds is 5. The molecular weight excluding hydrogens is 320 g/mol. The zero-order valence-electron chi connectivity index (χ0n) is 14.0. The smallest absolute Gasteiger partial charge is 0.344 e. The van der Waals surface area contributed by atoms with Crippen LogP contribution in [0.25, 0.3) is 22.1 Å². The molecule has 1 heterocycles. The second-order valence-corrected chi connectivity index (χ2v) is 5.49. The van der Waals surface area contributed by atoms with Gasteiger partial charge in [-0.1, -0.05) is 6.08 Å². The van der Waals surface area contributed by atoms with Crippen molar-refractivity contribution in [3.63, 3.8) is 0 Å². The maximum atomic E-state index is 12.6. The highest BCUT2D eigenvalue weighted by molar-refractivity contribution is 5.87. The summed E-state index contributed by atoms with van der Waals surface area (Å²) in [6, 6.07) is 10.2. The number of allylic oxidation sites excluding steroid dienone is 1. The van der Waals surface area contributed by atoms with Crippen LogP contribution in [0.4, 0.5) is 0 Å². The molecule has 0 aliphatic rings. The number of methoxy groups -OCH3 is 2. The normalized spacial score (nSPS) is 10.6. The average molecular weight is 338 g/mol. The summed E-state index contributed by atoms with van der Waals surface area (Å²) in [7, 11) is 3.09. The van der Waals surface area contributed by atoms with E-state index in [1.165, 1.54) is 7.11 Å². The van der Waals surface area contributed by atoms with Crippen LogP contribution >= 0.6 is 0 Å². The maximum absolute atomic E-state index is 12.6. The average Bonchev–Trinajstić information content (AvgIpc) is 2.63. The number of ether oxygens (including phenoxy) is 2. The third-order valence-electron chi connectivity index (χ3n) is 4.03. The lowest BCUT2D eigenvalue weighted by molar-refractivity contribution is 0.395. The predicted molar refractivity (Wildman–Crippen MR) is 96.6 cm³/mol. The van der Waals surface area contributed by atoms with Crippen molar-refractivity contribution in [2.75, 3.05) is 14.2 Å². The van der Waals surface area contributed by atoms with E-state index in [0.29, 0.717) is 45.6 Å². The number of phenols is 1. The van der Waals surface area contributed by atoms with Crippen molar-refractivity contribution in [2.24, 2.45) is 0 Å². The monoisotopic (exact) mass is 338 g/mol. The second-order valence-electron chi connectivity index (χ2n) is 5.49. The van der Waals surface area contributed by atoms with E-state index in [0.717, 1.165) is 0 Å². The topological polar surface area (TPSA) is 68.9 Å². The second kappa shape index (κ2) is 6.73. The van der Waals surface area contributed by atoms with Crippen LogP contribution in [0.1, 0.15) is 5.56 Å². The van der Waals surface area contributed by atoms with Gasteiger partial charge in [-0.3, -0.25) is 0 Å². The van der Waals surface area contributed by atoms with Gasteiger partial charge in [-0.2, -0.15) is 0 Å². The molecule has 3 rings (SSSR count). The van der Waals surface area contributed by atoms with Gasteiger partial charge in [0, 0.05) is 22.6 Å². The molecule has 0 fully saturated rings. The molecule has 0 saturated carbocycles. The lowest BCUT2D eigenvalue weighted by Gasteiger charge is -2.11. The van der Waals surface area contributed by atoms with Crippen LogP contribution in [0.15, 0.2) is 58.3 Å². The number of fused-ring (bicyclic) bond motifs is 1. The van der Waals surface area contributed by atoms with Gasteiger partial charge in [-0.05, 0) is 36.8 Å². The number of hydrogen-bond donors (Lipinski definition) is 1. The Kier molecular flexibility index (Phi) is 4.48. The molecule has 0 bridgehead atoms. The number of aromatic hydroxyl groups is 1. The first kappa shape index (κ1) is 16.6. The molecule has 0 aliphatic carbocycles. The van der Waals surface area contributed by atoms with E-state index in [2.05, 4.69) is 6.58 Å². The van der Waals surface area contributed by atoms with Crippen molar-refractivity contribution in [3.8, 4) is 28.4 Å². The Bertz CT molecular complexity index is 1000. The number of hydrogen-bond acceptors (Lipinski definition) is 5. The molecule has 5 heteroatoms. The standard InChI is InChI=1S/C20H18O5/c1-4-5-15-17(21)9-6-12-10-16(20(22)25-19(12)15)14-8-7-13(23-2)11-18(14)24-3/h4,6-11,21H,1,5H2,2-3H3. The molecule has 2 aromatic carbocycles. The molecule has 0 radical (unpaired) electrons. The van der Waals surface area contributed by atoms with Gasteiger partial charge in [0.15, 0.2) is 0 Å². The van der Waals surface area contributed by atoms with Gasteiger partial charge in [0.1, 0.15) is 22.8 Å². The van der Waals surface area contributed by atoms with E-state index in [4.69, 9.17) is 13.9 Å². The van der Waals surface area contributed by atoms with E-state index < -0.39 is 5.63 Å². The third kappa shape index (κ3) is 2.96. The van der Waals surface area contributed by atoms with Crippen LogP contribution in [0, 0.1) is 0 Å². The fraction of sp³-hybridized carbons (Fsp3) is 0.150. The molecular formula is C20H18O5. The lowest BCUT2D eigenvalue weighted by atomic mass is 10.0. The summed E-state index contributed by atoms with van der Waals surface area (Å²) < 4.78 is 16.1. The molecule has 1 N–H and O–H groups in total. The Morgan fingerprint density at radius 2 is 1.92 bits per heavy atom. The molecule has 25 heavy (non-hydrogen) atoms. The minimum atomic E-state index is -0.508. The maximum Gasteiger partial charge on any atom is 0.344 e. The molecule has 0 aliphatic heterocycles. The summed E-state index contributed by atoms with van der Waals surface area (Å²) in [6.07, 6.45) is 2.05. The van der Waals surface area contributed by atoms with Crippen molar-refractivity contribution in [1.82, 2.24) is 0 Å². The first-order valence-corrected chi connectivity index (χ1v) is 7.71. The highest BCUT2D eigenvalue weighted by Gasteiger charge is 2.16. The van der Waals surface area contributed by atoms with Crippen molar-refractivity contribution >= 4 is 11.0 Å². The van der Waals surface area contributed by atoms with E-state index in [-0.39, 0.29) is 5.75 Å². The minimum absolute atomic E-state index is 0.0744. The SMILES string of the molecule is C=CCc1c(O)ccc2cc(-c3ccc(OC)cc3OC)c(=O)oc12.